The Labute approximate surface area is 119 Å². The van der Waals surface area contributed by atoms with Crippen LogP contribution < -0.4 is 4.74 Å². The first kappa shape index (κ1) is 15.6. The van der Waals surface area contributed by atoms with Gasteiger partial charge in [0.25, 0.3) is 10.0 Å². The number of rotatable bonds is 3. The zero-order valence-electron chi connectivity index (χ0n) is 10.7. The van der Waals surface area contributed by atoms with E-state index in [4.69, 9.17) is 4.74 Å². The molecule has 1 aliphatic rings. The van der Waals surface area contributed by atoms with Crippen molar-refractivity contribution in [3.63, 3.8) is 0 Å². The van der Waals surface area contributed by atoms with Crippen LogP contribution >= 0.6 is 11.3 Å². The van der Waals surface area contributed by atoms with Gasteiger partial charge in [-0.2, -0.15) is 17.5 Å². The van der Waals surface area contributed by atoms with Gasteiger partial charge in [-0.25, -0.2) is 8.42 Å². The number of halogens is 3. The fourth-order valence-electron chi connectivity index (χ4n) is 2.16. The van der Waals surface area contributed by atoms with Gasteiger partial charge < -0.3 is 4.74 Å². The minimum atomic E-state index is -4.25. The molecule has 0 bridgehead atoms. The number of thiophene rings is 1. The second-order valence-electron chi connectivity index (χ2n) is 4.50. The molecule has 1 aromatic heterocycles. The highest BCUT2D eigenvalue weighted by Crippen LogP contribution is 2.37. The molecule has 1 aliphatic heterocycles. The quantitative estimate of drug-likeness (QED) is 0.857. The first-order valence-corrected chi connectivity index (χ1v) is 8.27. The Morgan fingerprint density at radius 1 is 1.35 bits per heavy atom. The molecule has 0 atom stereocenters. The zero-order valence-corrected chi connectivity index (χ0v) is 12.3. The maximum absolute atomic E-state index is 12.6. The molecule has 114 valence electrons. The molecule has 0 saturated carbocycles. The fraction of sp³-hybridized carbons (Fsp3) is 0.636. The predicted molar refractivity (Wildman–Crippen MR) is 68.4 cm³/mol. The van der Waals surface area contributed by atoms with E-state index in [9.17, 15) is 21.6 Å². The van der Waals surface area contributed by atoms with E-state index in [2.05, 4.69) is 0 Å². The van der Waals surface area contributed by atoms with Crippen LogP contribution in [0.15, 0.2) is 15.7 Å². The molecule has 0 amide bonds. The monoisotopic (exact) mass is 329 g/mol. The van der Waals surface area contributed by atoms with E-state index in [1.165, 1.54) is 13.2 Å². The maximum Gasteiger partial charge on any atom is 0.391 e. The van der Waals surface area contributed by atoms with Gasteiger partial charge in [0.2, 0.25) is 0 Å². The van der Waals surface area contributed by atoms with Crippen molar-refractivity contribution in [1.82, 2.24) is 4.31 Å². The lowest BCUT2D eigenvalue weighted by Gasteiger charge is -2.31. The third-order valence-electron chi connectivity index (χ3n) is 3.31. The standard InChI is InChI=1S/C11H14F3NO3S2/c1-18-9-4-7-19-10(9)20(16,17)15-5-2-8(3-6-15)11(12,13)14/h4,7-8H,2-3,5-6H2,1H3. The summed E-state index contributed by atoms with van der Waals surface area (Å²) < 4.78 is 68.5. The summed E-state index contributed by atoms with van der Waals surface area (Å²) in [5.74, 6) is -1.19. The SMILES string of the molecule is COc1ccsc1S(=O)(=O)N1CCC(C(F)(F)F)CC1. The van der Waals surface area contributed by atoms with Crippen molar-refractivity contribution in [2.45, 2.75) is 23.2 Å². The summed E-state index contributed by atoms with van der Waals surface area (Å²) in [5.41, 5.74) is 0. The Bertz CT molecular complexity index is 560. The molecule has 0 aliphatic carbocycles. The molecule has 2 rings (SSSR count). The number of piperidine rings is 1. The van der Waals surface area contributed by atoms with Crippen LogP contribution in [0, 0.1) is 5.92 Å². The molecule has 0 unspecified atom stereocenters. The lowest BCUT2D eigenvalue weighted by Crippen LogP contribution is -2.41. The normalized spacial score (nSPS) is 19.2. The number of hydrogen-bond donors (Lipinski definition) is 0. The molecule has 2 heterocycles. The van der Waals surface area contributed by atoms with E-state index >= 15 is 0 Å². The lowest BCUT2D eigenvalue weighted by atomic mass is 9.98. The number of alkyl halides is 3. The molecule has 0 N–H and O–H groups in total. The minimum absolute atomic E-state index is 0.0467. The van der Waals surface area contributed by atoms with Crippen molar-refractivity contribution in [3.8, 4) is 5.75 Å². The van der Waals surface area contributed by atoms with Crippen LogP contribution in [0.5, 0.6) is 5.75 Å². The summed E-state index contributed by atoms with van der Waals surface area (Å²) in [5, 5.41) is 1.58. The molecule has 20 heavy (non-hydrogen) atoms. The van der Waals surface area contributed by atoms with Crippen molar-refractivity contribution in [2.75, 3.05) is 20.2 Å². The molecule has 1 saturated heterocycles. The summed E-state index contributed by atoms with van der Waals surface area (Å²) in [6.07, 6.45) is -4.65. The Morgan fingerprint density at radius 3 is 2.45 bits per heavy atom. The minimum Gasteiger partial charge on any atom is -0.494 e. The number of methoxy groups -OCH3 is 1. The number of nitrogens with zero attached hydrogens (tertiary/aromatic N) is 1. The van der Waals surface area contributed by atoms with Gasteiger partial charge in [-0.15, -0.1) is 11.3 Å². The van der Waals surface area contributed by atoms with E-state index in [1.54, 1.807) is 5.38 Å². The fourth-order valence-corrected chi connectivity index (χ4v) is 5.05. The Morgan fingerprint density at radius 2 is 1.95 bits per heavy atom. The van der Waals surface area contributed by atoms with Crippen molar-refractivity contribution in [3.05, 3.63) is 11.4 Å². The Hall–Kier alpha value is -0.800. The third kappa shape index (κ3) is 2.94. The molecule has 1 fully saturated rings. The molecule has 9 heteroatoms. The highest BCUT2D eigenvalue weighted by atomic mass is 32.2. The highest BCUT2D eigenvalue weighted by molar-refractivity contribution is 7.91. The summed E-state index contributed by atoms with van der Waals surface area (Å²) in [7, 11) is -2.41. The van der Waals surface area contributed by atoms with Gasteiger partial charge in [0.05, 0.1) is 13.0 Å². The first-order chi connectivity index (χ1) is 9.26. The maximum atomic E-state index is 12.6. The van der Waals surface area contributed by atoms with Crippen LogP contribution in [-0.2, 0) is 10.0 Å². The largest absolute Gasteiger partial charge is 0.494 e. The highest BCUT2D eigenvalue weighted by Gasteiger charge is 2.43. The summed E-state index contributed by atoms with van der Waals surface area (Å²) in [6, 6.07) is 1.53. The van der Waals surface area contributed by atoms with Crippen LogP contribution in [0.3, 0.4) is 0 Å². The second-order valence-corrected chi connectivity index (χ2v) is 7.55. The molecule has 1 aromatic rings. The van der Waals surface area contributed by atoms with Crippen molar-refractivity contribution in [2.24, 2.45) is 5.92 Å². The average molecular weight is 329 g/mol. The van der Waals surface area contributed by atoms with E-state index < -0.39 is 22.1 Å². The first-order valence-electron chi connectivity index (χ1n) is 5.95. The van der Waals surface area contributed by atoms with Crippen LogP contribution in [0.4, 0.5) is 13.2 Å². The Kier molecular flexibility index (Phi) is 4.31. The molecule has 4 nitrogen and oxygen atoms in total. The number of sulfonamides is 1. The number of ether oxygens (including phenoxy) is 1. The Balaban J connectivity index is 2.14. The van der Waals surface area contributed by atoms with E-state index in [0.717, 1.165) is 15.6 Å². The third-order valence-corrected chi connectivity index (χ3v) is 6.63. The van der Waals surface area contributed by atoms with Gasteiger partial charge >= 0.3 is 6.18 Å². The van der Waals surface area contributed by atoms with Gasteiger partial charge in [0.1, 0.15) is 5.75 Å². The van der Waals surface area contributed by atoms with Crippen molar-refractivity contribution < 1.29 is 26.3 Å². The number of hydrogen-bond acceptors (Lipinski definition) is 4. The van der Waals surface area contributed by atoms with E-state index in [1.807, 2.05) is 0 Å². The molecule has 0 radical (unpaired) electrons. The van der Waals surface area contributed by atoms with Gasteiger partial charge in [0.15, 0.2) is 4.21 Å². The van der Waals surface area contributed by atoms with Gasteiger partial charge in [-0.1, -0.05) is 0 Å². The second kappa shape index (κ2) is 5.53. The van der Waals surface area contributed by atoms with Crippen LogP contribution in [-0.4, -0.2) is 39.1 Å². The summed E-state index contributed by atoms with van der Waals surface area (Å²) in [4.78, 5) is 0. The summed E-state index contributed by atoms with van der Waals surface area (Å²) in [6.45, 7) is -0.235. The molecule has 0 aromatic carbocycles. The van der Waals surface area contributed by atoms with Crippen LogP contribution in [0.2, 0.25) is 0 Å². The van der Waals surface area contributed by atoms with Crippen molar-refractivity contribution >= 4 is 21.4 Å². The van der Waals surface area contributed by atoms with Gasteiger partial charge in [0, 0.05) is 13.1 Å². The molecule has 0 spiro atoms. The van der Waals surface area contributed by atoms with Crippen LogP contribution in [0.25, 0.3) is 0 Å². The average Bonchev–Trinajstić information content (AvgIpc) is 2.87. The zero-order chi connectivity index (χ0) is 15.0. The molecular weight excluding hydrogens is 315 g/mol. The van der Waals surface area contributed by atoms with Crippen molar-refractivity contribution in [1.29, 1.82) is 0 Å². The van der Waals surface area contributed by atoms with Gasteiger partial charge in [-0.05, 0) is 24.3 Å². The topological polar surface area (TPSA) is 46.6 Å². The van der Waals surface area contributed by atoms with Gasteiger partial charge in [-0.3, -0.25) is 0 Å². The lowest BCUT2D eigenvalue weighted by molar-refractivity contribution is -0.182. The predicted octanol–water partition coefficient (Wildman–Crippen LogP) is 2.72. The van der Waals surface area contributed by atoms with E-state index in [-0.39, 0.29) is 35.9 Å². The van der Waals surface area contributed by atoms with E-state index in [0.29, 0.717) is 0 Å². The molecular formula is C11H14F3NO3S2. The van der Waals surface area contributed by atoms with Crippen LogP contribution in [0.1, 0.15) is 12.8 Å². The smallest absolute Gasteiger partial charge is 0.391 e. The summed E-state index contributed by atoms with van der Waals surface area (Å²) >= 11 is 1.00.